The largest absolute Gasteiger partial charge is 0.476 e. The lowest BCUT2D eigenvalue weighted by molar-refractivity contribution is -0.153. The first-order valence-corrected chi connectivity index (χ1v) is 9.72. The van der Waals surface area contributed by atoms with E-state index in [0.29, 0.717) is 19.0 Å². The van der Waals surface area contributed by atoms with Crippen LogP contribution >= 0.6 is 0 Å². The van der Waals surface area contributed by atoms with Crippen molar-refractivity contribution in [1.29, 1.82) is 0 Å². The Kier molecular flexibility index (Phi) is 7.32. The van der Waals surface area contributed by atoms with E-state index in [1.54, 1.807) is 0 Å². The van der Waals surface area contributed by atoms with Crippen molar-refractivity contribution in [2.45, 2.75) is 31.7 Å². The van der Waals surface area contributed by atoms with Gasteiger partial charge in [0.05, 0.1) is 18.0 Å². The van der Waals surface area contributed by atoms with E-state index in [4.69, 9.17) is 9.47 Å². The molecule has 0 aliphatic heterocycles. The molecule has 1 aromatic carbocycles. The van der Waals surface area contributed by atoms with E-state index in [1.807, 2.05) is 30.3 Å². The van der Waals surface area contributed by atoms with Crippen LogP contribution in [0.15, 0.2) is 48.7 Å². The van der Waals surface area contributed by atoms with Gasteiger partial charge in [-0.05, 0) is 24.5 Å². The molecule has 166 valence electrons. The summed E-state index contributed by atoms with van der Waals surface area (Å²) in [6.45, 7) is 0.414. The number of rotatable bonds is 8. The number of nitrogens with zero attached hydrogens (tertiary/aromatic N) is 1. The number of esters is 1. The van der Waals surface area contributed by atoms with Gasteiger partial charge in [0.1, 0.15) is 13.2 Å². The maximum absolute atomic E-state index is 12.5. The van der Waals surface area contributed by atoms with E-state index in [0.717, 1.165) is 17.7 Å². The monoisotopic (exact) mass is 437 g/mol. The smallest absolute Gasteiger partial charge is 0.417 e. The summed E-state index contributed by atoms with van der Waals surface area (Å²) in [4.78, 5) is 27.5. The first-order valence-electron chi connectivity index (χ1n) is 9.72. The van der Waals surface area contributed by atoms with Gasteiger partial charge in [-0.15, -0.1) is 0 Å². The molecule has 0 radical (unpaired) electrons. The Hall–Kier alpha value is -3.30. The summed E-state index contributed by atoms with van der Waals surface area (Å²) < 4.78 is 47.9. The number of benzene rings is 1. The maximum atomic E-state index is 12.5. The third-order valence-electron chi connectivity index (χ3n) is 4.73. The molecule has 2 N–H and O–H groups in total. The highest BCUT2D eigenvalue weighted by Gasteiger charge is 2.36. The lowest BCUT2D eigenvalue weighted by Gasteiger charge is -2.34. The molecule has 1 aliphatic carbocycles. The average Bonchev–Trinajstić information content (AvgIpc) is 2.72. The molecule has 1 fully saturated rings. The minimum Gasteiger partial charge on any atom is -0.476 e. The van der Waals surface area contributed by atoms with Crippen molar-refractivity contribution in [3.8, 4) is 5.88 Å². The number of halogens is 3. The predicted octanol–water partition coefficient (Wildman–Crippen LogP) is 3.30. The van der Waals surface area contributed by atoms with E-state index in [2.05, 4.69) is 15.6 Å². The fourth-order valence-corrected chi connectivity index (χ4v) is 2.96. The highest BCUT2D eigenvalue weighted by molar-refractivity contribution is 5.76. The molecule has 31 heavy (non-hydrogen) atoms. The van der Waals surface area contributed by atoms with E-state index >= 15 is 0 Å². The summed E-state index contributed by atoms with van der Waals surface area (Å²) in [7, 11) is 0. The number of ether oxygens (including phenoxy) is 2. The van der Waals surface area contributed by atoms with Gasteiger partial charge in [0.25, 0.3) is 0 Å². The van der Waals surface area contributed by atoms with Crippen LogP contribution in [0.1, 0.15) is 24.0 Å². The van der Waals surface area contributed by atoms with Gasteiger partial charge in [0, 0.05) is 18.3 Å². The third-order valence-corrected chi connectivity index (χ3v) is 4.73. The van der Waals surface area contributed by atoms with E-state index < -0.39 is 17.8 Å². The molecule has 0 unspecified atom stereocenters. The zero-order valence-electron chi connectivity index (χ0n) is 16.5. The molecule has 0 atom stereocenters. The topological polar surface area (TPSA) is 89.5 Å². The fourth-order valence-electron chi connectivity index (χ4n) is 2.96. The Morgan fingerprint density at radius 1 is 1.10 bits per heavy atom. The van der Waals surface area contributed by atoms with E-state index in [9.17, 15) is 22.8 Å². The van der Waals surface area contributed by atoms with Crippen LogP contribution in [0, 0.1) is 5.92 Å². The molecule has 0 spiro atoms. The van der Waals surface area contributed by atoms with Crippen molar-refractivity contribution >= 4 is 12.0 Å². The number of urea groups is 1. The SMILES string of the molecule is O=C(NCCOc1ccc(C(F)(F)F)cn1)NC1CC(C(=O)OCc2ccccc2)C1. The second kappa shape index (κ2) is 10.1. The van der Waals surface area contributed by atoms with Gasteiger partial charge in [-0.3, -0.25) is 4.79 Å². The predicted molar refractivity (Wildman–Crippen MR) is 104 cm³/mol. The molecule has 7 nitrogen and oxygen atoms in total. The zero-order valence-corrected chi connectivity index (χ0v) is 16.5. The Balaban J connectivity index is 1.26. The van der Waals surface area contributed by atoms with Gasteiger partial charge in [0.15, 0.2) is 0 Å². The molecule has 1 aliphatic rings. The molecular weight excluding hydrogens is 415 g/mol. The minimum absolute atomic E-state index is 0.0334. The van der Waals surface area contributed by atoms with Crippen LogP contribution in [0.5, 0.6) is 5.88 Å². The second-order valence-electron chi connectivity index (χ2n) is 7.09. The first-order chi connectivity index (χ1) is 14.8. The molecule has 1 saturated carbocycles. The van der Waals surface area contributed by atoms with Crippen molar-refractivity contribution < 1.29 is 32.2 Å². The Morgan fingerprint density at radius 2 is 1.84 bits per heavy atom. The number of alkyl halides is 3. The normalized spacial score (nSPS) is 17.9. The standard InChI is InChI=1S/C21H22F3N3O4/c22-21(23,24)16-6-7-18(26-12-16)30-9-8-25-20(29)27-17-10-15(11-17)19(28)31-13-14-4-2-1-3-5-14/h1-7,12,15,17H,8-11,13H2,(H2,25,27,29). The molecule has 1 heterocycles. The number of carbonyl (C=O) groups excluding carboxylic acids is 2. The van der Waals surface area contributed by atoms with Crippen molar-refractivity contribution in [1.82, 2.24) is 15.6 Å². The van der Waals surface area contributed by atoms with Gasteiger partial charge in [-0.25, -0.2) is 9.78 Å². The summed E-state index contributed by atoms with van der Waals surface area (Å²) in [6.07, 6.45) is -2.75. The minimum atomic E-state index is -4.45. The maximum Gasteiger partial charge on any atom is 0.417 e. The summed E-state index contributed by atoms with van der Waals surface area (Å²) in [6, 6.07) is 10.8. The summed E-state index contributed by atoms with van der Waals surface area (Å²) in [5.74, 6) is -0.478. The summed E-state index contributed by atoms with van der Waals surface area (Å²) in [5, 5.41) is 5.32. The van der Waals surface area contributed by atoms with Crippen LogP contribution in [0.4, 0.5) is 18.0 Å². The van der Waals surface area contributed by atoms with Crippen LogP contribution < -0.4 is 15.4 Å². The lowest BCUT2D eigenvalue weighted by atomic mass is 9.80. The van der Waals surface area contributed by atoms with Crippen LogP contribution in [0.3, 0.4) is 0 Å². The number of nitrogens with one attached hydrogen (secondary N) is 2. The Labute approximate surface area is 176 Å². The number of pyridine rings is 1. The number of hydrogen-bond donors (Lipinski definition) is 2. The number of amides is 2. The molecule has 1 aromatic heterocycles. The van der Waals surface area contributed by atoms with Gasteiger partial charge < -0.3 is 20.1 Å². The van der Waals surface area contributed by atoms with Crippen LogP contribution in [-0.2, 0) is 22.3 Å². The van der Waals surface area contributed by atoms with Gasteiger partial charge in [-0.2, -0.15) is 13.2 Å². The van der Waals surface area contributed by atoms with Crippen molar-refractivity contribution in [3.63, 3.8) is 0 Å². The van der Waals surface area contributed by atoms with Gasteiger partial charge in [-0.1, -0.05) is 30.3 Å². The quantitative estimate of drug-likeness (QED) is 0.489. The van der Waals surface area contributed by atoms with E-state index in [-0.39, 0.29) is 43.6 Å². The molecule has 0 bridgehead atoms. The van der Waals surface area contributed by atoms with Crippen LogP contribution in [0.2, 0.25) is 0 Å². The number of aromatic nitrogens is 1. The van der Waals surface area contributed by atoms with Gasteiger partial charge in [0.2, 0.25) is 5.88 Å². The van der Waals surface area contributed by atoms with Gasteiger partial charge >= 0.3 is 18.2 Å². The second-order valence-corrected chi connectivity index (χ2v) is 7.09. The van der Waals surface area contributed by atoms with Crippen molar-refractivity contribution in [2.75, 3.05) is 13.2 Å². The fraction of sp³-hybridized carbons (Fsp3) is 0.381. The number of carbonyl (C=O) groups is 2. The first kappa shape index (κ1) is 22.4. The summed E-state index contributed by atoms with van der Waals surface area (Å²) >= 11 is 0. The average molecular weight is 437 g/mol. The third kappa shape index (κ3) is 6.87. The number of hydrogen-bond acceptors (Lipinski definition) is 5. The zero-order chi connectivity index (χ0) is 22.3. The highest BCUT2D eigenvalue weighted by Crippen LogP contribution is 2.29. The Bertz CT molecular complexity index is 870. The Morgan fingerprint density at radius 3 is 2.48 bits per heavy atom. The van der Waals surface area contributed by atoms with Crippen LogP contribution in [0.25, 0.3) is 0 Å². The molecule has 2 amide bonds. The van der Waals surface area contributed by atoms with Crippen LogP contribution in [-0.4, -0.2) is 36.2 Å². The van der Waals surface area contributed by atoms with E-state index in [1.165, 1.54) is 0 Å². The summed E-state index contributed by atoms with van der Waals surface area (Å²) in [5.41, 5.74) is 0.0537. The molecular formula is C21H22F3N3O4. The highest BCUT2D eigenvalue weighted by atomic mass is 19.4. The lowest BCUT2D eigenvalue weighted by Crippen LogP contribution is -2.50. The molecule has 0 saturated heterocycles. The molecule has 3 rings (SSSR count). The molecule has 2 aromatic rings. The van der Waals surface area contributed by atoms with Crippen molar-refractivity contribution in [3.05, 3.63) is 59.8 Å². The van der Waals surface area contributed by atoms with Crippen molar-refractivity contribution in [2.24, 2.45) is 5.92 Å². The molecule has 10 heteroatoms.